The first-order valence-corrected chi connectivity index (χ1v) is 7.49. The molecule has 8 heteroatoms. The summed E-state index contributed by atoms with van der Waals surface area (Å²) in [4.78, 5) is 11.2. The number of rotatable bonds is 3. The van der Waals surface area contributed by atoms with Crippen LogP contribution < -0.4 is 10.3 Å². The monoisotopic (exact) mass is 305 g/mol. The summed E-state index contributed by atoms with van der Waals surface area (Å²) in [5, 5.41) is 4.49. The van der Waals surface area contributed by atoms with E-state index in [0.717, 1.165) is 0 Å². The molecular formula is C13H11N3O4S. The summed E-state index contributed by atoms with van der Waals surface area (Å²) in [6.07, 6.45) is 1.63. The van der Waals surface area contributed by atoms with Gasteiger partial charge >= 0.3 is 5.63 Å². The van der Waals surface area contributed by atoms with Crippen molar-refractivity contribution in [3.63, 3.8) is 0 Å². The van der Waals surface area contributed by atoms with Gasteiger partial charge in [-0.05, 0) is 24.3 Å². The highest BCUT2D eigenvalue weighted by molar-refractivity contribution is 7.92. The Labute approximate surface area is 119 Å². The van der Waals surface area contributed by atoms with Crippen LogP contribution in [0.4, 0.5) is 5.82 Å². The van der Waals surface area contributed by atoms with Crippen LogP contribution in [0.3, 0.4) is 0 Å². The molecule has 0 fully saturated rings. The summed E-state index contributed by atoms with van der Waals surface area (Å²) in [6, 6.07) is 8.56. The SMILES string of the molecule is Cn1ccc(NS(=O)(=O)c2ccc3oc(=O)ccc3c2)n1. The first-order valence-electron chi connectivity index (χ1n) is 6.00. The molecule has 2 aromatic heterocycles. The maximum absolute atomic E-state index is 12.3. The van der Waals surface area contributed by atoms with Gasteiger partial charge in [0.05, 0.1) is 4.90 Å². The zero-order chi connectivity index (χ0) is 15.0. The minimum absolute atomic E-state index is 0.0644. The summed E-state index contributed by atoms with van der Waals surface area (Å²) < 4.78 is 33.4. The van der Waals surface area contributed by atoms with Gasteiger partial charge in [-0.1, -0.05) is 0 Å². The average Bonchev–Trinajstić information content (AvgIpc) is 2.82. The second-order valence-electron chi connectivity index (χ2n) is 4.43. The molecule has 0 aliphatic carbocycles. The van der Waals surface area contributed by atoms with Gasteiger partial charge in [0, 0.05) is 30.8 Å². The zero-order valence-corrected chi connectivity index (χ0v) is 11.8. The van der Waals surface area contributed by atoms with Crippen LogP contribution >= 0.6 is 0 Å². The minimum atomic E-state index is -3.75. The van der Waals surface area contributed by atoms with Gasteiger partial charge in [-0.25, -0.2) is 13.2 Å². The van der Waals surface area contributed by atoms with Crippen molar-refractivity contribution in [3.05, 3.63) is 53.0 Å². The second kappa shape index (κ2) is 4.74. The van der Waals surface area contributed by atoms with E-state index in [1.54, 1.807) is 19.3 Å². The van der Waals surface area contributed by atoms with E-state index >= 15 is 0 Å². The molecule has 108 valence electrons. The first-order chi connectivity index (χ1) is 9.94. The molecule has 0 aliphatic heterocycles. The lowest BCUT2D eigenvalue weighted by Crippen LogP contribution is -2.13. The van der Waals surface area contributed by atoms with Crippen molar-refractivity contribution in [2.45, 2.75) is 4.90 Å². The van der Waals surface area contributed by atoms with E-state index in [4.69, 9.17) is 4.42 Å². The fourth-order valence-corrected chi connectivity index (χ4v) is 2.91. The number of benzene rings is 1. The molecule has 21 heavy (non-hydrogen) atoms. The summed E-state index contributed by atoms with van der Waals surface area (Å²) in [6.45, 7) is 0. The lowest BCUT2D eigenvalue weighted by atomic mass is 10.2. The van der Waals surface area contributed by atoms with E-state index in [2.05, 4.69) is 9.82 Å². The minimum Gasteiger partial charge on any atom is -0.423 e. The van der Waals surface area contributed by atoms with E-state index in [1.807, 2.05) is 0 Å². The van der Waals surface area contributed by atoms with Crippen LogP contribution in [0.5, 0.6) is 0 Å². The highest BCUT2D eigenvalue weighted by atomic mass is 32.2. The Hall–Kier alpha value is -2.61. The molecule has 0 spiro atoms. The Bertz CT molecular complexity index is 972. The number of sulfonamides is 1. The number of hydrogen-bond donors (Lipinski definition) is 1. The number of anilines is 1. The third kappa shape index (κ3) is 2.65. The molecule has 0 bridgehead atoms. The van der Waals surface area contributed by atoms with E-state index < -0.39 is 15.6 Å². The van der Waals surface area contributed by atoms with Crippen LogP contribution in [0.25, 0.3) is 11.0 Å². The van der Waals surface area contributed by atoms with Gasteiger partial charge in [0.25, 0.3) is 10.0 Å². The van der Waals surface area contributed by atoms with E-state index in [1.165, 1.54) is 35.0 Å². The number of nitrogens with zero attached hydrogens (tertiary/aromatic N) is 2. The maximum Gasteiger partial charge on any atom is 0.336 e. The number of aryl methyl sites for hydroxylation is 1. The molecule has 1 N–H and O–H groups in total. The van der Waals surface area contributed by atoms with Crippen molar-refractivity contribution < 1.29 is 12.8 Å². The van der Waals surface area contributed by atoms with Crippen molar-refractivity contribution in [3.8, 4) is 0 Å². The third-order valence-electron chi connectivity index (χ3n) is 2.85. The molecule has 0 radical (unpaired) electrons. The number of aromatic nitrogens is 2. The van der Waals surface area contributed by atoms with Crippen molar-refractivity contribution in [2.75, 3.05) is 4.72 Å². The normalized spacial score (nSPS) is 11.7. The molecule has 3 rings (SSSR count). The molecule has 0 aliphatic rings. The smallest absolute Gasteiger partial charge is 0.336 e. The van der Waals surface area contributed by atoms with Crippen LogP contribution in [0.1, 0.15) is 0 Å². The van der Waals surface area contributed by atoms with Crippen LogP contribution in [-0.2, 0) is 17.1 Å². The van der Waals surface area contributed by atoms with E-state index in [-0.39, 0.29) is 10.7 Å². The first kappa shape index (κ1) is 13.4. The van der Waals surface area contributed by atoms with Gasteiger partial charge in [0.1, 0.15) is 5.58 Å². The summed E-state index contributed by atoms with van der Waals surface area (Å²) in [5.74, 6) is 0.234. The van der Waals surface area contributed by atoms with Crippen molar-refractivity contribution >= 4 is 26.8 Å². The predicted molar refractivity (Wildman–Crippen MR) is 76.5 cm³/mol. The quantitative estimate of drug-likeness (QED) is 0.737. The fourth-order valence-electron chi connectivity index (χ4n) is 1.88. The second-order valence-corrected chi connectivity index (χ2v) is 6.12. The van der Waals surface area contributed by atoms with Crippen molar-refractivity contribution in [1.29, 1.82) is 0 Å². The van der Waals surface area contributed by atoms with Crippen LogP contribution in [-0.4, -0.2) is 18.2 Å². The lowest BCUT2D eigenvalue weighted by Gasteiger charge is -2.06. The summed E-state index contributed by atoms with van der Waals surface area (Å²) in [7, 11) is -2.06. The molecular weight excluding hydrogens is 294 g/mol. The molecule has 2 heterocycles. The Morgan fingerprint density at radius 2 is 2.00 bits per heavy atom. The van der Waals surface area contributed by atoms with E-state index in [9.17, 15) is 13.2 Å². The lowest BCUT2D eigenvalue weighted by molar-refractivity contribution is 0.560. The molecule has 1 aromatic carbocycles. The Kier molecular flexibility index (Phi) is 3.02. The van der Waals surface area contributed by atoms with Gasteiger partial charge < -0.3 is 4.42 Å². The number of nitrogens with one attached hydrogen (secondary N) is 1. The molecule has 0 saturated heterocycles. The van der Waals surface area contributed by atoms with Gasteiger partial charge in [-0.3, -0.25) is 9.40 Å². The third-order valence-corrected chi connectivity index (χ3v) is 4.21. The van der Waals surface area contributed by atoms with Crippen molar-refractivity contribution in [2.24, 2.45) is 7.05 Å². The predicted octanol–water partition coefficient (Wildman–Crippen LogP) is 1.33. The standard InChI is InChI=1S/C13H11N3O4S/c1-16-7-6-12(14-16)15-21(18,19)10-3-4-11-9(8-10)2-5-13(17)20-11/h2-8H,1H3,(H,14,15). The van der Waals surface area contributed by atoms with E-state index in [0.29, 0.717) is 11.0 Å². The average molecular weight is 305 g/mol. The van der Waals surface area contributed by atoms with Gasteiger partial charge in [-0.15, -0.1) is 0 Å². The molecule has 3 aromatic rings. The van der Waals surface area contributed by atoms with Crippen LogP contribution in [0.15, 0.2) is 56.7 Å². The molecule has 0 saturated carbocycles. The van der Waals surface area contributed by atoms with Crippen molar-refractivity contribution in [1.82, 2.24) is 9.78 Å². The largest absolute Gasteiger partial charge is 0.423 e. The van der Waals surface area contributed by atoms with Gasteiger partial charge in [0.2, 0.25) is 0 Å². The molecule has 0 amide bonds. The number of hydrogen-bond acceptors (Lipinski definition) is 5. The van der Waals surface area contributed by atoms with Crippen LogP contribution in [0, 0.1) is 0 Å². The fraction of sp³-hybridized carbons (Fsp3) is 0.0769. The van der Waals surface area contributed by atoms with Gasteiger partial charge in [-0.2, -0.15) is 5.10 Å². The molecule has 7 nitrogen and oxygen atoms in total. The maximum atomic E-state index is 12.3. The Morgan fingerprint density at radius 3 is 2.71 bits per heavy atom. The Morgan fingerprint density at radius 1 is 1.19 bits per heavy atom. The highest BCUT2D eigenvalue weighted by Gasteiger charge is 2.16. The van der Waals surface area contributed by atoms with Gasteiger partial charge in [0.15, 0.2) is 5.82 Å². The molecule has 0 unspecified atom stereocenters. The number of fused-ring (bicyclic) bond motifs is 1. The topological polar surface area (TPSA) is 94.2 Å². The highest BCUT2D eigenvalue weighted by Crippen LogP contribution is 2.19. The van der Waals surface area contributed by atoms with Crippen LogP contribution in [0.2, 0.25) is 0 Å². The summed E-state index contributed by atoms with van der Waals surface area (Å²) in [5.41, 5.74) is -0.149. The summed E-state index contributed by atoms with van der Waals surface area (Å²) >= 11 is 0. The molecule has 0 atom stereocenters. The zero-order valence-electron chi connectivity index (χ0n) is 11.0. The Balaban J connectivity index is 2.02.